The molecule has 3 saturated carbocycles. The van der Waals surface area contributed by atoms with Gasteiger partial charge in [-0.25, -0.2) is 0 Å². The summed E-state index contributed by atoms with van der Waals surface area (Å²) >= 11 is 0. The molecule has 4 rings (SSSR count). The first-order chi connectivity index (χ1) is 11.4. The van der Waals surface area contributed by atoms with Crippen LogP contribution in [0.25, 0.3) is 0 Å². The summed E-state index contributed by atoms with van der Waals surface area (Å²) in [5.74, 6) is 2.60. The van der Waals surface area contributed by atoms with E-state index in [-0.39, 0.29) is 16.6 Å². The number of rotatable bonds is 2. The Morgan fingerprint density at radius 3 is 2.62 bits per heavy atom. The Hall–Kier alpha value is -1.18. The number of hydrogen-bond donors (Lipinski definition) is 0. The second-order valence-electron chi connectivity index (χ2n) is 9.07. The molecule has 0 N–H and O–H groups in total. The average Bonchev–Trinajstić information content (AvgIpc) is 2.85. The molecular weight excluding hydrogens is 296 g/mol. The van der Waals surface area contributed by atoms with Crippen LogP contribution >= 0.6 is 0 Å². The molecule has 0 amide bonds. The molecular formula is C22H30O2. The van der Waals surface area contributed by atoms with Crippen LogP contribution in [0.1, 0.15) is 72.1 Å². The molecule has 3 fully saturated rings. The minimum absolute atomic E-state index is 0.0499. The van der Waals surface area contributed by atoms with Crippen molar-refractivity contribution in [2.75, 3.05) is 0 Å². The van der Waals surface area contributed by atoms with Gasteiger partial charge >= 0.3 is 0 Å². The molecule has 130 valence electrons. The lowest BCUT2D eigenvalue weighted by Gasteiger charge is -2.55. The molecule has 0 aliphatic heterocycles. The molecule has 0 aromatic rings. The number of ketones is 2. The minimum atomic E-state index is -0.0564. The van der Waals surface area contributed by atoms with E-state index in [1.165, 1.54) is 12.0 Å². The van der Waals surface area contributed by atoms with Crippen molar-refractivity contribution in [2.24, 2.45) is 28.6 Å². The Bertz CT molecular complexity index is 655. The number of allylic oxidation sites excluding steroid dienone is 4. The minimum Gasteiger partial charge on any atom is -0.299 e. The molecule has 0 aromatic carbocycles. The zero-order valence-electron chi connectivity index (χ0n) is 15.4. The highest BCUT2D eigenvalue weighted by Gasteiger charge is 2.58. The molecule has 2 heteroatoms. The molecule has 0 bridgehead atoms. The molecule has 5 atom stereocenters. The predicted octanol–water partition coefficient (Wildman–Crippen LogP) is 5.03. The summed E-state index contributed by atoms with van der Waals surface area (Å²) < 4.78 is 0. The highest BCUT2D eigenvalue weighted by Crippen LogP contribution is 2.63. The lowest BCUT2D eigenvalue weighted by molar-refractivity contribution is -0.131. The van der Waals surface area contributed by atoms with Gasteiger partial charge in [0.05, 0.1) is 0 Å². The van der Waals surface area contributed by atoms with Gasteiger partial charge < -0.3 is 0 Å². The first-order valence-corrected chi connectivity index (χ1v) is 9.90. The molecule has 4 aliphatic carbocycles. The van der Waals surface area contributed by atoms with Crippen LogP contribution in [-0.4, -0.2) is 11.6 Å². The van der Waals surface area contributed by atoms with Gasteiger partial charge in [-0.2, -0.15) is 0 Å². The van der Waals surface area contributed by atoms with Crippen molar-refractivity contribution in [1.82, 2.24) is 0 Å². The van der Waals surface area contributed by atoms with E-state index in [4.69, 9.17) is 0 Å². The summed E-state index contributed by atoms with van der Waals surface area (Å²) in [7, 11) is 0. The Labute approximate surface area is 145 Å². The van der Waals surface area contributed by atoms with E-state index in [1.54, 1.807) is 0 Å². The molecule has 0 radical (unpaired) electrons. The average molecular weight is 326 g/mol. The van der Waals surface area contributed by atoms with Crippen LogP contribution in [0.3, 0.4) is 0 Å². The van der Waals surface area contributed by atoms with Gasteiger partial charge in [0.1, 0.15) is 5.78 Å². The zero-order valence-corrected chi connectivity index (χ0v) is 15.4. The monoisotopic (exact) mass is 326 g/mol. The lowest BCUT2D eigenvalue weighted by Crippen LogP contribution is -2.50. The van der Waals surface area contributed by atoms with Gasteiger partial charge in [-0.1, -0.05) is 38.8 Å². The quantitative estimate of drug-likeness (QED) is 0.713. The Kier molecular flexibility index (Phi) is 3.67. The molecule has 0 heterocycles. The third-order valence-electron chi connectivity index (χ3n) is 7.97. The summed E-state index contributed by atoms with van der Waals surface area (Å²) in [6.45, 7) is 6.76. The maximum absolute atomic E-state index is 12.5. The van der Waals surface area contributed by atoms with Gasteiger partial charge in [-0.05, 0) is 67.9 Å². The SMILES string of the molecule is CCCC1=C[C@@]2(C)C(=CC1=O)CC[C@@H]1[C@@H]2CC[C@]2(C)C(=O)CC[C@@H]12. The normalized spacial score (nSPS) is 44.4. The largest absolute Gasteiger partial charge is 0.299 e. The molecule has 0 aromatic heterocycles. The second kappa shape index (κ2) is 5.41. The Balaban J connectivity index is 1.71. The smallest absolute Gasteiger partial charge is 0.181 e. The van der Waals surface area contributed by atoms with Gasteiger partial charge in [0, 0.05) is 17.3 Å². The van der Waals surface area contributed by atoms with Crippen molar-refractivity contribution in [3.05, 3.63) is 23.3 Å². The number of fused-ring (bicyclic) bond motifs is 5. The second-order valence-corrected chi connectivity index (χ2v) is 9.07. The van der Waals surface area contributed by atoms with Gasteiger partial charge in [0.25, 0.3) is 0 Å². The third-order valence-corrected chi connectivity index (χ3v) is 7.97. The standard InChI is InChI=1S/C22H30O2/c1-4-5-14-13-22(3)15(12-19(14)23)6-7-16-17-8-9-20(24)21(17,2)11-10-18(16)22/h12-13,16-18H,4-11H2,1-3H3/t16-,17-,18-,21-,22-/m0/s1. The van der Waals surface area contributed by atoms with E-state index in [0.29, 0.717) is 23.5 Å². The molecule has 2 nitrogen and oxygen atoms in total. The fourth-order valence-corrected chi connectivity index (χ4v) is 6.61. The molecule has 0 spiro atoms. The zero-order chi connectivity index (χ0) is 17.1. The van der Waals surface area contributed by atoms with Crippen molar-refractivity contribution < 1.29 is 9.59 Å². The molecule has 0 saturated heterocycles. The highest BCUT2D eigenvalue weighted by molar-refractivity contribution is 6.05. The van der Waals surface area contributed by atoms with Gasteiger partial charge in [-0.15, -0.1) is 0 Å². The number of carbonyl (C=O) groups is 2. The lowest BCUT2D eigenvalue weighted by atomic mass is 9.48. The number of carbonyl (C=O) groups excluding carboxylic acids is 2. The van der Waals surface area contributed by atoms with Gasteiger partial charge in [-0.3, -0.25) is 9.59 Å². The van der Waals surface area contributed by atoms with Gasteiger partial charge in [0.15, 0.2) is 5.78 Å². The summed E-state index contributed by atoms with van der Waals surface area (Å²) in [5, 5.41) is 0. The molecule has 4 aliphatic rings. The fourth-order valence-electron chi connectivity index (χ4n) is 6.61. The van der Waals surface area contributed by atoms with Crippen molar-refractivity contribution in [2.45, 2.75) is 72.1 Å². The topological polar surface area (TPSA) is 34.1 Å². The van der Waals surface area contributed by atoms with Crippen LogP contribution in [0.5, 0.6) is 0 Å². The van der Waals surface area contributed by atoms with Crippen molar-refractivity contribution in [1.29, 1.82) is 0 Å². The maximum Gasteiger partial charge on any atom is 0.181 e. The van der Waals surface area contributed by atoms with E-state index in [0.717, 1.165) is 50.5 Å². The molecule has 24 heavy (non-hydrogen) atoms. The number of Topliss-reactive ketones (excluding diaryl/α,β-unsaturated/α-hetero) is 1. The van der Waals surface area contributed by atoms with E-state index in [1.807, 2.05) is 6.08 Å². The van der Waals surface area contributed by atoms with E-state index in [2.05, 4.69) is 26.8 Å². The first-order valence-electron chi connectivity index (χ1n) is 9.90. The van der Waals surface area contributed by atoms with Crippen LogP contribution in [-0.2, 0) is 9.59 Å². The number of hydrogen-bond acceptors (Lipinski definition) is 2. The summed E-state index contributed by atoms with van der Waals surface area (Å²) in [6.07, 6.45) is 12.5. The van der Waals surface area contributed by atoms with E-state index >= 15 is 0 Å². The Morgan fingerprint density at radius 2 is 1.88 bits per heavy atom. The van der Waals surface area contributed by atoms with Crippen LogP contribution in [0.15, 0.2) is 23.3 Å². The fraction of sp³-hybridized carbons (Fsp3) is 0.727. The van der Waals surface area contributed by atoms with Crippen LogP contribution in [0.2, 0.25) is 0 Å². The van der Waals surface area contributed by atoms with Crippen molar-refractivity contribution in [3.63, 3.8) is 0 Å². The first kappa shape index (κ1) is 16.3. The Morgan fingerprint density at radius 1 is 1.08 bits per heavy atom. The summed E-state index contributed by atoms with van der Waals surface area (Å²) in [5.41, 5.74) is 2.38. The van der Waals surface area contributed by atoms with Crippen LogP contribution < -0.4 is 0 Å². The highest BCUT2D eigenvalue weighted by atomic mass is 16.1. The summed E-state index contributed by atoms with van der Waals surface area (Å²) in [4.78, 5) is 24.9. The summed E-state index contributed by atoms with van der Waals surface area (Å²) in [6, 6.07) is 0. The third kappa shape index (κ3) is 2.07. The van der Waals surface area contributed by atoms with Crippen molar-refractivity contribution in [3.8, 4) is 0 Å². The van der Waals surface area contributed by atoms with Gasteiger partial charge in [0.2, 0.25) is 0 Å². The van der Waals surface area contributed by atoms with Crippen molar-refractivity contribution >= 4 is 11.6 Å². The predicted molar refractivity (Wildman–Crippen MR) is 95.5 cm³/mol. The van der Waals surface area contributed by atoms with E-state index in [9.17, 15) is 9.59 Å². The maximum atomic E-state index is 12.5. The molecule has 0 unspecified atom stereocenters. The van der Waals surface area contributed by atoms with Crippen LogP contribution in [0, 0.1) is 28.6 Å². The van der Waals surface area contributed by atoms with Crippen LogP contribution in [0.4, 0.5) is 0 Å². The van der Waals surface area contributed by atoms with E-state index < -0.39 is 0 Å².